The van der Waals surface area contributed by atoms with E-state index in [0.29, 0.717) is 29.9 Å². The van der Waals surface area contributed by atoms with E-state index < -0.39 is 0 Å². The standard InChI is InChI=1S/C26H38O3/c1-16-17(2)26(4)18(15-22(16)27)8-9-19-20-10-11-23(25(20,3)13-12-21(19)26)29-24-7-5-6-14-28-24/h18-21,23-24H,1-2,5-15H2,3-4H3/t18?,19-,20-,21+,23?,24?,25-,26-/m0/s1. The molecule has 0 aromatic rings. The fourth-order valence-corrected chi connectivity index (χ4v) is 8.23. The number of ketones is 1. The van der Waals surface area contributed by atoms with E-state index in [1.165, 1.54) is 51.4 Å². The van der Waals surface area contributed by atoms with E-state index in [1.54, 1.807) is 0 Å². The van der Waals surface area contributed by atoms with Gasteiger partial charge in [0.1, 0.15) is 0 Å². The van der Waals surface area contributed by atoms with Crippen molar-refractivity contribution in [2.75, 3.05) is 6.61 Å². The number of allylic oxidation sites excluding steroid dienone is 2. The van der Waals surface area contributed by atoms with E-state index in [1.807, 2.05) is 0 Å². The molecule has 0 radical (unpaired) electrons. The van der Waals surface area contributed by atoms with Crippen LogP contribution in [0.15, 0.2) is 24.3 Å². The molecule has 1 saturated heterocycles. The van der Waals surface area contributed by atoms with Crippen LogP contribution >= 0.6 is 0 Å². The Morgan fingerprint density at radius 3 is 2.59 bits per heavy atom. The molecule has 0 spiro atoms. The summed E-state index contributed by atoms with van der Waals surface area (Å²) < 4.78 is 12.5. The van der Waals surface area contributed by atoms with Gasteiger partial charge in [-0.15, -0.1) is 0 Å². The van der Waals surface area contributed by atoms with Crippen molar-refractivity contribution in [2.45, 2.75) is 90.4 Å². The molecule has 160 valence electrons. The van der Waals surface area contributed by atoms with Crippen molar-refractivity contribution in [1.82, 2.24) is 0 Å². The van der Waals surface area contributed by atoms with Crippen LogP contribution in [-0.4, -0.2) is 24.8 Å². The number of carbonyl (C=O) groups is 1. The van der Waals surface area contributed by atoms with Crippen LogP contribution in [0.25, 0.3) is 0 Å². The van der Waals surface area contributed by atoms with Crippen LogP contribution in [0.1, 0.15) is 78.1 Å². The highest BCUT2D eigenvalue weighted by atomic mass is 16.7. The molecule has 5 rings (SSSR count). The van der Waals surface area contributed by atoms with Gasteiger partial charge in [0.15, 0.2) is 12.1 Å². The number of Topliss-reactive ketones (excluding diaryl/α,β-unsaturated/α-hetero) is 1. The van der Waals surface area contributed by atoms with Crippen molar-refractivity contribution in [3.63, 3.8) is 0 Å². The van der Waals surface area contributed by atoms with E-state index in [0.717, 1.165) is 30.4 Å². The summed E-state index contributed by atoms with van der Waals surface area (Å²) in [7, 11) is 0. The highest BCUT2D eigenvalue weighted by molar-refractivity contribution is 6.00. The fourth-order valence-electron chi connectivity index (χ4n) is 8.23. The molecule has 3 heteroatoms. The van der Waals surface area contributed by atoms with Crippen LogP contribution in [0.2, 0.25) is 0 Å². The number of rotatable bonds is 2. The minimum absolute atomic E-state index is 0.0164. The first-order valence-corrected chi connectivity index (χ1v) is 12.0. The van der Waals surface area contributed by atoms with Crippen LogP contribution in [0.5, 0.6) is 0 Å². The largest absolute Gasteiger partial charge is 0.353 e. The van der Waals surface area contributed by atoms with Crippen molar-refractivity contribution in [1.29, 1.82) is 0 Å². The Balaban J connectivity index is 1.38. The van der Waals surface area contributed by atoms with Crippen molar-refractivity contribution >= 4 is 5.78 Å². The second-order valence-electron chi connectivity index (χ2n) is 11.1. The van der Waals surface area contributed by atoms with E-state index in [2.05, 4.69) is 27.0 Å². The Labute approximate surface area is 176 Å². The third-order valence-electron chi connectivity index (χ3n) is 10.1. The lowest BCUT2D eigenvalue weighted by Crippen LogP contribution is -2.55. The van der Waals surface area contributed by atoms with Gasteiger partial charge >= 0.3 is 0 Å². The van der Waals surface area contributed by atoms with Gasteiger partial charge in [0.25, 0.3) is 0 Å². The third-order valence-corrected chi connectivity index (χ3v) is 10.1. The summed E-state index contributed by atoms with van der Waals surface area (Å²) in [5, 5.41) is 0. The maximum absolute atomic E-state index is 12.4. The van der Waals surface area contributed by atoms with Crippen LogP contribution in [-0.2, 0) is 14.3 Å². The molecule has 8 atom stereocenters. The highest BCUT2D eigenvalue weighted by Crippen LogP contribution is 2.67. The van der Waals surface area contributed by atoms with Gasteiger partial charge in [-0.05, 0) is 97.9 Å². The van der Waals surface area contributed by atoms with Gasteiger partial charge in [-0.2, -0.15) is 0 Å². The molecule has 1 heterocycles. The Hall–Kier alpha value is -0.930. The molecule has 3 nitrogen and oxygen atoms in total. The molecule has 5 fully saturated rings. The Morgan fingerprint density at radius 2 is 1.83 bits per heavy atom. The number of hydrogen-bond acceptors (Lipinski definition) is 3. The number of carbonyl (C=O) groups excluding carboxylic acids is 1. The Kier molecular flexibility index (Phi) is 4.86. The van der Waals surface area contributed by atoms with Gasteiger partial charge in [-0.3, -0.25) is 4.79 Å². The quantitative estimate of drug-likeness (QED) is 0.548. The number of fused-ring (bicyclic) bond motifs is 5. The lowest BCUT2D eigenvalue weighted by Gasteiger charge is -2.60. The lowest BCUT2D eigenvalue weighted by atomic mass is 9.44. The van der Waals surface area contributed by atoms with Gasteiger partial charge < -0.3 is 9.47 Å². The molecule has 0 bridgehead atoms. The van der Waals surface area contributed by atoms with Gasteiger partial charge in [-0.25, -0.2) is 0 Å². The maximum Gasteiger partial charge on any atom is 0.162 e. The first kappa shape index (κ1) is 20.0. The van der Waals surface area contributed by atoms with Gasteiger partial charge in [0.2, 0.25) is 0 Å². The molecular weight excluding hydrogens is 360 g/mol. The van der Waals surface area contributed by atoms with Crippen molar-refractivity contribution in [3.8, 4) is 0 Å². The second-order valence-corrected chi connectivity index (χ2v) is 11.1. The zero-order valence-electron chi connectivity index (χ0n) is 18.4. The van der Waals surface area contributed by atoms with Gasteiger partial charge in [-0.1, -0.05) is 27.0 Å². The van der Waals surface area contributed by atoms with Crippen molar-refractivity contribution in [2.24, 2.45) is 34.5 Å². The van der Waals surface area contributed by atoms with Gasteiger partial charge in [0.05, 0.1) is 6.10 Å². The average Bonchev–Trinajstić information content (AvgIpc) is 3.05. The monoisotopic (exact) mass is 398 g/mol. The number of hydrogen-bond donors (Lipinski definition) is 0. The Morgan fingerprint density at radius 1 is 1.00 bits per heavy atom. The van der Waals surface area contributed by atoms with Crippen molar-refractivity contribution in [3.05, 3.63) is 24.3 Å². The van der Waals surface area contributed by atoms with Crippen LogP contribution in [0.4, 0.5) is 0 Å². The smallest absolute Gasteiger partial charge is 0.162 e. The summed E-state index contributed by atoms with van der Waals surface area (Å²) in [6.07, 6.45) is 11.9. The lowest BCUT2D eigenvalue weighted by molar-refractivity contribution is -0.217. The minimum Gasteiger partial charge on any atom is -0.353 e. The topological polar surface area (TPSA) is 35.5 Å². The molecule has 5 aliphatic rings. The normalized spacial score (nSPS) is 50.1. The first-order chi connectivity index (χ1) is 13.9. The van der Waals surface area contributed by atoms with E-state index >= 15 is 0 Å². The predicted molar refractivity (Wildman–Crippen MR) is 114 cm³/mol. The zero-order valence-corrected chi connectivity index (χ0v) is 18.4. The first-order valence-electron chi connectivity index (χ1n) is 12.0. The summed E-state index contributed by atoms with van der Waals surface area (Å²) in [4.78, 5) is 12.4. The molecule has 0 amide bonds. The number of ether oxygens (including phenoxy) is 2. The highest BCUT2D eigenvalue weighted by Gasteiger charge is 2.62. The minimum atomic E-state index is 0.0164. The third kappa shape index (κ3) is 2.86. The molecule has 29 heavy (non-hydrogen) atoms. The van der Waals surface area contributed by atoms with E-state index in [4.69, 9.17) is 9.47 Å². The SMILES string of the molecule is C=C1C(=C)[C@@]2(C)C(CC[C@@H]3[C@H]2CC[C@]2(C)C(OC4CCCCO4)CC[C@@H]32)CC1=O. The summed E-state index contributed by atoms with van der Waals surface area (Å²) in [6.45, 7) is 14.3. The van der Waals surface area contributed by atoms with Crippen LogP contribution in [0.3, 0.4) is 0 Å². The zero-order chi connectivity index (χ0) is 20.4. The summed E-state index contributed by atoms with van der Waals surface area (Å²) in [6, 6.07) is 0. The molecular formula is C26H38O3. The maximum atomic E-state index is 12.4. The molecule has 4 aliphatic carbocycles. The molecule has 0 aromatic carbocycles. The molecule has 0 aromatic heterocycles. The predicted octanol–water partition coefficient (Wildman–Crippen LogP) is 5.84. The summed E-state index contributed by atoms with van der Waals surface area (Å²) in [5.41, 5.74) is 2.09. The summed E-state index contributed by atoms with van der Waals surface area (Å²) >= 11 is 0. The Bertz CT molecular complexity index is 719. The second kappa shape index (κ2) is 7.05. The van der Waals surface area contributed by atoms with E-state index in [9.17, 15) is 4.79 Å². The fraction of sp³-hybridized carbons (Fsp3) is 0.808. The van der Waals surface area contributed by atoms with Crippen molar-refractivity contribution < 1.29 is 14.3 Å². The van der Waals surface area contributed by atoms with Crippen LogP contribution < -0.4 is 0 Å². The van der Waals surface area contributed by atoms with E-state index in [-0.39, 0.29) is 22.9 Å². The van der Waals surface area contributed by atoms with Gasteiger partial charge in [0, 0.05) is 18.6 Å². The summed E-state index contributed by atoms with van der Waals surface area (Å²) in [5.74, 6) is 2.79. The molecule has 0 N–H and O–H groups in total. The average molecular weight is 399 g/mol. The molecule has 1 aliphatic heterocycles. The molecule has 4 saturated carbocycles. The van der Waals surface area contributed by atoms with Crippen LogP contribution in [0, 0.1) is 34.5 Å². The molecule has 3 unspecified atom stereocenters.